The lowest BCUT2D eigenvalue weighted by atomic mass is 9.74. The largest absolute Gasteiger partial charge is 0.481 e. The van der Waals surface area contributed by atoms with Gasteiger partial charge >= 0.3 is 5.97 Å². The highest BCUT2D eigenvalue weighted by Gasteiger charge is 2.38. The first-order valence-corrected chi connectivity index (χ1v) is 8.29. The molecule has 4 heteroatoms. The summed E-state index contributed by atoms with van der Waals surface area (Å²) in [6.07, 6.45) is 1.95. The molecule has 0 bridgehead atoms. The lowest BCUT2D eigenvalue weighted by molar-refractivity contribution is -0.145. The van der Waals surface area contributed by atoms with Crippen molar-refractivity contribution in [3.05, 3.63) is 71.3 Å². The van der Waals surface area contributed by atoms with E-state index in [1.807, 2.05) is 54.6 Å². The molecule has 124 valence electrons. The molecule has 2 aromatic carbocycles. The molecule has 0 saturated heterocycles. The number of carbonyl (C=O) groups excluding carboxylic acids is 1. The van der Waals surface area contributed by atoms with Crippen LogP contribution in [0.1, 0.15) is 29.0 Å². The van der Waals surface area contributed by atoms with Crippen LogP contribution in [0.2, 0.25) is 0 Å². The Balaban J connectivity index is 1.72. The van der Waals surface area contributed by atoms with E-state index in [1.54, 1.807) is 0 Å². The Labute approximate surface area is 141 Å². The van der Waals surface area contributed by atoms with Crippen LogP contribution >= 0.6 is 0 Å². The van der Waals surface area contributed by atoms with Crippen LogP contribution in [0.4, 0.5) is 0 Å². The first-order valence-electron chi connectivity index (χ1n) is 8.29. The molecule has 2 atom stereocenters. The molecule has 0 heterocycles. The molecule has 2 aromatic rings. The highest BCUT2D eigenvalue weighted by molar-refractivity contribution is 5.90. The van der Waals surface area contributed by atoms with E-state index in [0.717, 1.165) is 23.1 Å². The van der Waals surface area contributed by atoms with E-state index in [1.165, 1.54) is 0 Å². The molecule has 0 aromatic heterocycles. The van der Waals surface area contributed by atoms with Crippen molar-refractivity contribution < 1.29 is 14.7 Å². The van der Waals surface area contributed by atoms with Crippen molar-refractivity contribution in [1.29, 1.82) is 0 Å². The van der Waals surface area contributed by atoms with Gasteiger partial charge in [-0.1, -0.05) is 54.6 Å². The van der Waals surface area contributed by atoms with Crippen molar-refractivity contribution in [2.45, 2.75) is 25.2 Å². The van der Waals surface area contributed by atoms with Gasteiger partial charge in [-0.2, -0.15) is 0 Å². The van der Waals surface area contributed by atoms with Gasteiger partial charge in [0, 0.05) is 6.54 Å². The maximum Gasteiger partial charge on any atom is 0.307 e. The summed E-state index contributed by atoms with van der Waals surface area (Å²) in [5.74, 6) is -2.35. The van der Waals surface area contributed by atoms with Gasteiger partial charge in [0.25, 0.3) is 0 Å². The Kier molecular flexibility index (Phi) is 4.94. The van der Waals surface area contributed by atoms with Crippen LogP contribution in [-0.2, 0) is 22.4 Å². The van der Waals surface area contributed by atoms with E-state index >= 15 is 0 Å². The van der Waals surface area contributed by atoms with Crippen molar-refractivity contribution in [2.75, 3.05) is 6.54 Å². The molecule has 0 saturated carbocycles. The van der Waals surface area contributed by atoms with Gasteiger partial charge in [0.1, 0.15) is 0 Å². The summed E-state index contributed by atoms with van der Waals surface area (Å²) in [5.41, 5.74) is 3.09. The molecule has 0 aliphatic heterocycles. The number of carboxylic acid groups (broad SMARTS) is 1. The summed E-state index contributed by atoms with van der Waals surface area (Å²) in [6, 6.07) is 17.6. The smallest absolute Gasteiger partial charge is 0.307 e. The second-order valence-corrected chi connectivity index (χ2v) is 6.19. The number of carbonyl (C=O) groups is 2. The summed E-state index contributed by atoms with van der Waals surface area (Å²) in [5, 5.41) is 12.4. The maximum absolute atomic E-state index is 12.7. The molecule has 1 aliphatic carbocycles. The lowest BCUT2D eigenvalue weighted by Crippen LogP contribution is -2.39. The Morgan fingerprint density at radius 1 is 1.04 bits per heavy atom. The summed E-state index contributed by atoms with van der Waals surface area (Å²) in [4.78, 5) is 24.3. The molecule has 3 rings (SSSR count). The van der Waals surface area contributed by atoms with Crippen LogP contribution in [0, 0.1) is 5.92 Å². The van der Waals surface area contributed by atoms with Gasteiger partial charge in [-0.25, -0.2) is 0 Å². The zero-order valence-electron chi connectivity index (χ0n) is 13.4. The third kappa shape index (κ3) is 3.48. The first-order chi connectivity index (χ1) is 11.7. The Hall–Kier alpha value is -2.62. The molecule has 24 heavy (non-hydrogen) atoms. The van der Waals surface area contributed by atoms with Crippen molar-refractivity contribution in [3.63, 3.8) is 0 Å². The zero-order chi connectivity index (χ0) is 16.9. The minimum absolute atomic E-state index is 0.189. The van der Waals surface area contributed by atoms with Crippen LogP contribution < -0.4 is 5.32 Å². The fraction of sp³-hybridized carbons (Fsp3) is 0.300. The standard InChI is InChI=1S/C20H21NO3/c22-19(21-13-12-14-6-2-1-3-7-14)18-16-9-5-4-8-15(16)10-11-17(18)20(23)24/h1-9,17-18H,10-13H2,(H,21,22)(H,23,24). The van der Waals surface area contributed by atoms with Gasteiger partial charge < -0.3 is 10.4 Å². The highest BCUT2D eigenvalue weighted by atomic mass is 16.4. The van der Waals surface area contributed by atoms with Crippen molar-refractivity contribution >= 4 is 11.9 Å². The summed E-state index contributed by atoms with van der Waals surface area (Å²) in [6.45, 7) is 0.508. The fourth-order valence-electron chi connectivity index (χ4n) is 3.43. The average molecular weight is 323 g/mol. The van der Waals surface area contributed by atoms with Gasteiger partial charge in [0.15, 0.2) is 0 Å². The first kappa shape index (κ1) is 16.2. The van der Waals surface area contributed by atoms with Crippen LogP contribution in [0.15, 0.2) is 54.6 Å². The number of nitrogens with one attached hydrogen (secondary N) is 1. The second kappa shape index (κ2) is 7.30. The van der Waals surface area contributed by atoms with Gasteiger partial charge in [-0.3, -0.25) is 9.59 Å². The molecule has 2 N–H and O–H groups in total. The number of hydrogen-bond donors (Lipinski definition) is 2. The number of aliphatic carboxylic acids is 1. The molecule has 0 spiro atoms. The Morgan fingerprint density at radius 2 is 1.75 bits per heavy atom. The van der Waals surface area contributed by atoms with Crippen LogP contribution in [0.25, 0.3) is 0 Å². The van der Waals surface area contributed by atoms with Gasteiger partial charge in [0.2, 0.25) is 5.91 Å². The monoisotopic (exact) mass is 323 g/mol. The molecule has 4 nitrogen and oxygen atoms in total. The number of hydrogen-bond acceptors (Lipinski definition) is 2. The van der Waals surface area contributed by atoms with Crippen molar-refractivity contribution in [1.82, 2.24) is 5.32 Å². The van der Waals surface area contributed by atoms with Gasteiger partial charge in [-0.15, -0.1) is 0 Å². The maximum atomic E-state index is 12.7. The summed E-state index contributed by atoms with van der Waals surface area (Å²) < 4.78 is 0. The number of amides is 1. The van der Waals surface area contributed by atoms with Crippen LogP contribution in [0.3, 0.4) is 0 Å². The van der Waals surface area contributed by atoms with E-state index in [4.69, 9.17) is 0 Å². The summed E-state index contributed by atoms with van der Waals surface area (Å²) in [7, 11) is 0. The van der Waals surface area contributed by atoms with Gasteiger partial charge in [0.05, 0.1) is 11.8 Å². The Bertz CT molecular complexity index is 727. The lowest BCUT2D eigenvalue weighted by Gasteiger charge is -2.30. The molecule has 2 unspecified atom stereocenters. The van der Waals surface area contributed by atoms with E-state index in [2.05, 4.69) is 5.32 Å². The number of rotatable bonds is 5. The molecular formula is C20H21NO3. The predicted octanol–water partition coefficient (Wildman–Crippen LogP) is 2.78. The highest BCUT2D eigenvalue weighted by Crippen LogP contribution is 2.36. The van der Waals surface area contributed by atoms with Crippen molar-refractivity contribution in [3.8, 4) is 0 Å². The number of benzene rings is 2. The molecule has 1 amide bonds. The molecule has 0 fully saturated rings. The average Bonchev–Trinajstić information content (AvgIpc) is 2.61. The normalized spacial score (nSPS) is 19.3. The zero-order valence-corrected chi connectivity index (χ0v) is 13.4. The van der Waals surface area contributed by atoms with E-state index in [-0.39, 0.29) is 5.91 Å². The number of fused-ring (bicyclic) bond motifs is 1. The third-order valence-electron chi connectivity index (χ3n) is 4.67. The van der Waals surface area contributed by atoms with E-state index < -0.39 is 17.8 Å². The molecule has 1 aliphatic rings. The van der Waals surface area contributed by atoms with Crippen LogP contribution in [-0.4, -0.2) is 23.5 Å². The van der Waals surface area contributed by atoms with E-state index in [0.29, 0.717) is 19.4 Å². The third-order valence-corrected chi connectivity index (χ3v) is 4.67. The van der Waals surface area contributed by atoms with E-state index in [9.17, 15) is 14.7 Å². The fourth-order valence-corrected chi connectivity index (χ4v) is 3.43. The Morgan fingerprint density at radius 3 is 2.50 bits per heavy atom. The molecular weight excluding hydrogens is 302 g/mol. The van der Waals surface area contributed by atoms with Gasteiger partial charge in [-0.05, 0) is 36.0 Å². The minimum Gasteiger partial charge on any atom is -0.481 e. The topological polar surface area (TPSA) is 66.4 Å². The predicted molar refractivity (Wildman–Crippen MR) is 91.8 cm³/mol. The molecule has 0 radical (unpaired) electrons. The SMILES string of the molecule is O=C(O)C1CCc2ccccc2C1C(=O)NCCc1ccccc1. The quantitative estimate of drug-likeness (QED) is 0.889. The van der Waals surface area contributed by atoms with Crippen LogP contribution in [0.5, 0.6) is 0 Å². The van der Waals surface area contributed by atoms with Crippen molar-refractivity contribution in [2.24, 2.45) is 5.92 Å². The second-order valence-electron chi connectivity index (χ2n) is 6.19. The summed E-state index contributed by atoms with van der Waals surface area (Å²) >= 11 is 0. The number of carboxylic acids is 1. The number of aryl methyl sites for hydroxylation is 1. The minimum atomic E-state index is -0.896.